The Bertz CT molecular complexity index is 917. The number of aryl methyl sites for hydroxylation is 1. The summed E-state index contributed by atoms with van der Waals surface area (Å²) in [6.07, 6.45) is 4.36. The van der Waals surface area contributed by atoms with Crippen LogP contribution in [0.1, 0.15) is 45.1 Å². The zero-order valence-electron chi connectivity index (χ0n) is 19.0. The fraction of sp³-hybridized carbons (Fsp3) is 0.696. The van der Waals surface area contributed by atoms with Gasteiger partial charge in [-0.1, -0.05) is 6.92 Å². The normalized spacial score (nSPS) is 22.2. The summed E-state index contributed by atoms with van der Waals surface area (Å²) >= 11 is 0. The van der Waals surface area contributed by atoms with E-state index in [9.17, 15) is 13.2 Å². The van der Waals surface area contributed by atoms with Gasteiger partial charge in [-0.3, -0.25) is 4.79 Å². The number of carbonyl (C=O) groups is 1. The molecule has 0 aromatic heterocycles. The van der Waals surface area contributed by atoms with E-state index < -0.39 is 10.0 Å². The van der Waals surface area contributed by atoms with Gasteiger partial charge in [-0.2, -0.15) is 4.31 Å². The van der Waals surface area contributed by atoms with E-state index in [1.54, 1.807) is 28.3 Å². The fourth-order valence-electron chi connectivity index (χ4n) is 5.03. The number of sulfonamides is 1. The number of ether oxygens (including phenoxy) is 1. The van der Waals surface area contributed by atoms with Crippen LogP contribution in [0.15, 0.2) is 17.0 Å². The second kappa shape index (κ2) is 9.08. The first kappa shape index (κ1) is 22.6. The predicted octanol–water partition coefficient (Wildman–Crippen LogP) is 2.87. The van der Waals surface area contributed by atoms with Crippen LogP contribution in [-0.2, 0) is 14.8 Å². The summed E-state index contributed by atoms with van der Waals surface area (Å²) in [5.74, 6) is 1.80. The van der Waals surface area contributed by atoms with Crippen LogP contribution < -0.4 is 9.64 Å². The Hall–Kier alpha value is -1.64. The molecule has 31 heavy (non-hydrogen) atoms. The smallest absolute Gasteiger partial charge is 0.243 e. The lowest BCUT2D eigenvalue weighted by atomic mass is 9.94. The molecule has 1 aromatic carbocycles. The van der Waals surface area contributed by atoms with Crippen LogP contribution in [-0.4, -0.2) is 69.4 Å². The number of anilines is 1. The molecule has 1 amide bonds. The fourth-order valence-corrected chi connectivity index (χ4v) is 6.73. The maximum Gasteiger partial charge on any atom is 0.243 e. The van der Waals surface area contributed by atoms with Crippen molar-refractivity contribution in [3.05, 3.63) is 17.7 Å². The van der Waals surface area contributed by atoms with Crippen LogP contribution in [0.4, 0.5) is 5.69 Å². The van der Waals surface area contributed by atoms with Crippen LogP contribution in [0.5, 0.6) is 5.75 Å². The molecule has 2 fully saturated rings. The van der Waals surface area contributed by atoms with Gasteiger partial charge in [-0.05, 0) is 69.2 Å². The van der Waals surface area contributed by atoms with Crippen molar-refractivity contribution < 1.29 is 17.9 Å². The first-order valence-corrected chi connectivity index (χ1v) is 13.0. The molecular weight excluding hydrogens is 414 g/mol. The molecule has 0 N–H and O–H groups in total. The molecule has 3 aliphatic heterocycles. The van der Waals surface area contributed by atoms with Crippen molar-refractivity contribution >= 4 is 21.6 Å². The van der Waals surface area contributed by atoms with Crippen LogP contribution in [0.25, 0.3) is 0 Å². The first-order chi connectivity index (χ1) is 14.8. The minimum absolute atomic E-state index is 0.0650. The second-order valence-electron chi connectivity index (χ2n) is 9.44. The molecule has 1 aromatic rings. The highest BCUT2D eigenvalue weighted by Crippen LogP contribution is 2.37. The van der Waals surface area contributed by atoms with E-state index in [1.165, 1.54) is 32.9 Å². The van der Waals surface area contributed by atoms with E-state index >= 15 is 0 Å². The maximum absolute atomic E-state index is 13.4. The number of amides is 1. The number of nitrogens with zero attached hydrogens (tertiary/aromatic N) is 3. The van der Waals surface area contributed by atoms with Gasteiger partial charge in [0.05, 0.1) is 17.1 Å². The largest absolute Gasteiger partial charge is 0.489 e. The Labute approximate surface area is 186 Å². The monoisotopic (exact) mass is 449 g/mol. The number of benzene rings is 1. The predicted molar refractivity (Wildman–Crippen MR) is 121 cm³/mol. The van der Waals surface area contributed by atoms with Crippen LogP contribution in [0, 0.1) is 18.8 Å². The Morgan fingerprint density at radius 2 is 1.74 bits per heavy atom. The lowest BCUT2D eigenvalue weighted by Gasteiger charge is -2.37. The molecule has 0 radical (unpaired) electrons. The first-order valence-electron chi connectivity index (χ1n) is 11.5. The van der Waals surface area contributed by atoms with Crippen molar-refractivity contribution in [2.45, 2.75) is 51.3 Å². The van der Waals surface area contributed by atoms with E-state index in [0.717, 1.165) is 25.3 Å². The second-order valence-corrected chi connectivity index (χ2v) is 11.3. The van der Waals surface area contributed by atoms with E-state index in [-0.39, 0.29) is 5.91 Å². The molecule has 0 bridgehead atoms. The highest BCUT2D eigenvalue weighted by atomic mass is 32.2. The minimum atomic E-state index is -3.59. The van der Waals surface area contributed by atoms with Crippen molar-refractivity contribution in [3.8, 4) is 5.75 Å². The summed E-state index contributed by atoms with van der Waals surface area (Å²) in [6.45, 7) is 11.1. The number of piperidine rings is 2. The highest BCUT2D eigenvalue weighted by molar-refractivity contribution is 7.89. The molecule has 0 spiro atoms. The van der Waals surface area contributed by atoms with Gasteiger partial charge in [0.2, 0.25) is 15.9 Å². The molecule has 8 heteroatoms. The summed E-state index contributed by atoms with van der Waals surface area (Å²) in [5, 5.41) is 0. The number of hydrogen-bond donors (Lipinski definition) is 0. The van der Waals surface area contributed by atoms with Crippen LogP contribution >= 0.6 is 0 Å². The van der Waals surface area contributed by atoms with Gasteiger partial charge in [0.25, 0.3) is 0 Å². The molecule has 172 valence electrons. The van der Waals surface area contributed by atoms with E-state index in [0.29, 0.717) is 54.1 Å². The standard InChI is InChI=1S/C23H35N3O4S/c1-17-4-8-24(9-5-17)16-20-6-10-25(11-7-20)31(28,29)23-15-22-21(14-18(23)2)26(19(3)27)12-13-30-22/h14-15,17,20H,4-13,16H2,1-3H3. The molecule has 4 rings (SSSR count). The van der Waals surface area contributed by atoms with Gasteiger partial charge in [0, 0.05) is 32.6 Å². The summed E-state index contributed by atoms with van der Waals surface area (Å²) < 4.78 is 34.2. The molecule has 0 saturated carbocycles. The number of rotatable bonds is 4. The maximum atomic E-state index is 13.4. The van der Waals surface area contributed by atoms with Crippen molar-refractivity contribution in [3.63, 3.8) is 0 Å². The Kier molecular flexibility index (Phi) is 6.60. The van der Waals surface area contributed by atoms with Gasteiger partial charge < -0.3 is 14.5 Å². The van der Waals surface area contributed by atoms with Gasteiger partial charge >= 0.3 is 0 Å². The number of fused-ring (bicyclic) bond motifs is 1. The van der Waals surface area contributed by atoms with Crippen LogP contribution in [0.2, 0.25) is 0 Å². The zero-order chi connectivity index (χ0) is 22.2. The lowest BCUT2D eigenvalue weighted by Crippen LogP contribution is -2.43. The third-order valence-electron chi connectivity index (χ3n) is 7.08. The third kappa shape index (κ3) is 4.76. The van der Waals surface area contributed by atoms with Crippen molar-refractivity contribution in [1.82, 2.24) is 9.21 Å². The zero-order valence-corrected chi connectivity index (χ0v) is 19.8. The summed E-state index contributed by atoms with van der Waals surface area (Å²) in [6, 6.07) is 3.38. The van der Waals surface area contributed by atoms with Gasteiger partial charge in [0.15, 0.2) is 0 Å². The van der Waals surface area contributed by atoms with E-state index in [1.807, 2.05) is 0 Å². The van der Waals surface area contributed by atoms with E-state index in [2.05, 4.69) is 11.8 Å². The third-order valence-corrected chi connectivity index (χ3v) is 9.12. The van der Waals surface area contributed by atoms with Crippen molar-refractivity contribution in [2.75, 3.05) is 50.8 Å². The topological polar surface area (TPSA) is 70.2 Å². The van der Waals surface area contributed by atoms with E-state index in [4.69, 9.17) is 4.74 Å². The molecule has 0 aliphatic carbocycles. The molecule has 0 unspecified atom stereocenters. The average Bonchev–Trinajstić information content (AvgIpc) is 2.74. The highest BCUT2D eigenvalue weighted by Gasteiger charge is 2.33. The lowest BCUT2D eigenvalue weighted by molar-refractivity contribution is -0.116. The molecule has 2 saturated heterocycles. The van der Waals surface area contributed by atoms with Crippen LogP contribution in [0.3, 0.4) is 0 Å². The SMILES string of the molecule is CC(=O)N1CCOc2cc(S(=O)(=O)N3CCC(CN4CCC(C)CC4)CC3)c(C)cc21. The van der Waals surface area contributed by atoms with Crippen molar-refractivity contribution in [2.24, 2.45) is 11.8 Å². The molecule has 7 nitrogen and oxygen atoms in total. The number of likely N-dealkylation sites (tertiary alicyclic amines) is 1. The minimum Gasteiger partial charge on any atom is -0.489 e. The quantitative estimate of drug-likeness (QED) is 0.707. The molecule has 3 heterocycles. The molecular formula is C23H35N3O4S. The van der Waals surface area contributed by atoms with Crippen molar-refractivity contribution in [1.29, 1.82) is 0 Å². The summed E-state index contributed by atoms with van der Waals surface area (Å²) in [4.78, 5) is 16.4. The number of hydrogen-bond acceptors (Lipinski definition) is 5. The Balaban J connectivity index is 1.44. The summed E-state index contributed by atoms with van der Waals surface area (Å²) in [5.41, 5.74) is 1.31. The van der Waals surface area contributed by atoms with Gasteiger partial charge in [0.1, 0.15) is 12.4 Å². The number of carbonyl (C=O) groups excluding carboxylic acids is 1. The van der Waals surface area contributed by atoms with Gasteiger partial charge in [-0.15, -0.1) is 0 Å². The molecule has 0 atom stereocenters. The molecule has 3 aliphatic rings. The average molecular weight is 450 g/mol. The Morgan fingerprint density at radius 3 is 2.39 bits per heavy atom. The summed E-state index contributed by atoms with van der Waals surface area (Å²) in [7, 11) is -3.59. The van der Waals surface area contributed by atoms with Gasteiger partial charge in [-0.25, -0.2) is 8.42 Å². The Morgan fingerprint density at radius 1 is 1.06 bits per heavy atom.